The number of carbonyl (C=O) groups excluding carboxylic acids is 3. The number of nitrogens with zero attached hydrogens (tertiary/aromatic N) is 2. The predicted octanol–water partition coefficient (Wildman–Crippen LogP) is 4.27. The quantitative estimate of drug-likeness (QED) is 0.379. The number of hydrogen-bond donors (Lipinski definition) is 3. The maximum absolute atomic E-state index is 12.8. The Kier molecular flexibility index (Phi) is 6.34. The summed E-state index contributed by atoms with van der Waals surface area (Å²) < 4.78 is 39.0. The Bertz CT molecular complexity index is 1480. The number of benzene rings is 2. The van der Waals surface area contributed by atoms with Gasteiger partial charge in [-0.15, -0.1) is 0 Å². The minimum atomic E-state index is -5.31. The number of fused-ring (bicyclic) bond motifs is 1. The smallest absolute Gasteiger partial charge is 0.364 e. The van der Waals surface area contributed by atoms with Gasteiger partial charge in [0.05, 0.1) is 6.20 Å². The number of aryl methyl sites for hydroxylation is 1. The Hall–Kier alpha value is -4.87. The van der Waals surface area contributed by atoms with Gasteiger partial charge in [0.15, 0.2) is 5.69 Å². The molecule has 0 bridgehead atoms. The number of carbonyl (C=O) groups is 3. The summed E-state index contributed by atoms with van der Waals surface area (Å²) in [5.41, 5.74) is 7.38. The fraction of sp³-hybridized carbons (Fsp3) is 0.0833. The maximum atomic E-state index is 12.8. The molecule has 0 fully saturated rings. The summed E-state index contributed by atoms with van der Waals surface area (Å²) in [5.74, 6) is -3.66. The maximum Gasteiger partial charge on any atom is 0.493 e. The van der Waals surface area contributed by atoms with E-state index in [1.807, 2.05) is 13.0 Å². The molecular formula is C24H18F3N5O4. The lowest BCUT2D eigenvalue weighted by atomic mass is 10.0. The van der Waals surface area contributed by atoms with Crippen molar-refractivity contribution in [2.75, 3.05) is 10.6 Å². The molecule has 0 radical (unpaired) electrons. The normalized spacial score (nSPS) is 11.2. The first-order valence-electron chi connectivity index (χ1n) is 10.4. The van der Waals surface area contributed by atoms with E-state index in [9.17, 15) is 27.6 Å². The zero-order chi connectivity index (χ0) is 26.0. The SMILES string of the molecule is Cc1cccc(NC(=O)Nc2ccc(-c3c(C(N)=O)n(OC(=O)C(F)(F)F)c4cnccc34)cc2)c1. The van der Waals surface area contributed by atoms with Gasteiger partial charge in [0, 0.05) is 28.5 Å². The average molecular weight is 497 g/mol. The highest BCUT2D eigenvalue weighted by Crippen LogP contribution is 2.35. The Labute approximate surface area is 201 Å². The number of primary amides is 1. The number of hydrogen-bond acceptors (Lipinski definition) is 5. The second-order valence-corrected chi connectivity index (χ2v) is 7.68. The van der Waals surface area contributed by atoms with E-state index in [2.05, 4.69) is 20.5 Å². The Balaban J connectivity index is 1.67. The summed E-state index contributed by atoms with van der Waals surface area (Å²) in [6.45, 7) is 1.89. The van der Waals surface area contributed by atoms with Crippen LogP contribution in [0.2, 0.25) is 0 Å². The fourth-order valence-corrected chi connectivity index (χ4v) is 3.59. The lowest BCUT2D eigenvalue weighted by Gasteiger charge is -2.11. The highest BCUT2D eigenvalue weighted by Gasteiger charge is 2.43. The molecule has 0 spiro atoms. The van der Waals surface area contributed by atoms with Crippen LogP contribution in [0.5, 0.6) is 0 Å². The van der Waals surface area contributed by atoms with E-state index < -0.39 is 29.8 Å². The number of pyridine rings is 1. The highest BCUT2D eigenvalue weighted by molar-refractivity contribution is 6.10. The Morgan fingerprint density at radius 2 is 1.69 bits per heavy atom. The Morgan fingerprint density at radius 1 is 1.00 bits per heavy atom. The van der Waals surface area contributed by atoms with Gasteiger partial charge in [-0.1, -0.05) is 24.3 Å². The van der Waals surface area contributed by atoms with E-state index in [0.717, 1.165) is 11.8 Å². The number of rotatable bonds is 5. The van der Waals surface area contributed by atoms with Crippen LogP contribution in [0.15, 0.2) is 67.0 Å². The number of urea groups is 1. The number of nitrogens with one attached hydrogen (secondary N) is 2. The van der Waals surface area contributed by atoms with Crippen molar-refractivity contribution in [2.24, 2.45) is 5.73 Å². The topological polar surface area (TPSA) is 128 Å². The standard InChI is InChI=1S/C24H18F3N5O4/c1-13-3-2-4-16(11-13)31-23(35)30-15-7-5-14(6-8-15)19-17-9-10-29-12-18(17)32(20(19)21(28)33)36-22(34)24(25,26)27/h2-12H,1H3,(H2,28,33)(H2,30,31,35). The summed E-state index contributed by atoms with van der Waals surface area (Å²) in [6.07, 6.45) is -2.81. The number of anilines is 2. The lowest BCUT2D eigenvalue weighted by molar-refractivity contribution is -0.199. The number of nitrogens with two attached hydrogens (primary N) is 1. The van der Waals surface area contributed by atoms with Gasteiger partial charge in [0.2, 0.25) is 0 Å². The first kappa shape index (κ1) is 24.3. The van der Waals surface area contributed by atoms with Crippen LogP contribution in [0.3, 0.4) is 0 Å². The van der Waals surface area contributed by atoms with Crippen LogP contribution in [0.4, 0.5) is 29.3 Å². The van der Waals surface area contributed by atoms with E-state index in [1.165, 1.54) is 36.5 Å². The van der Waals surface area contributed by atoms with Crippen LogP contribution in [-0.4, -0.2) is 33.8 Å². The number of amides is 3. The first-order valence-corrected chi connectivity index (χ1v) is 10.4. The number of aromatic nitrogens is 2. The monoisotopic (exact) mass is 497 g/mol. The van der Waals surface area contributed by atoms with E-state index in [-0.39, 0.29) is 16.5 Å². The molecule has 0 saturated heterocycles. The highest BCUT2D eigenvalue weighted by atomic mass is 19.4. The van der Waals surface area contributed by atoms with Crippen LogP contribution >= 0.6 is 0 Å². The van der Waals surface area contributed by atoms with Crippen LogP contribution in [0.25, 0.3) is 22.0 Å². The molecule has 2 aromatic heterocycles. The molecule has 4 aromatic rings. The van der Waals surface area contributed by atoms with Gasteiger partial charge in [0.1, 0.15) is 5.52 Å². The van der Waals surface area contributed by atoms with Crippen molar-refractivity contribution in [1.82, 2.24) is 9.71 Å². The third-order valence-electron chi connectivity index (χ3n) is 5.07. The van der Waals surface area contributed by atoms with Crippen molar-refractivity contribution in [3.63, 3.8) is 0 Å². The molecule has 9 nitrogen and oxygen atoms in total. The predicted molar refractivity (Wildman–Crippen MR) is 125 cm³/mol. The molecule has 0 aliphatic carbocycles. The van der Waals surface area contributed by atoms with Crippen LogP contribution < -0.4 is 21.2 Å². The summed E-state index contributed by atoms with van der Waals surface area (Å²) in [6, 6.07) is 14.3. The van der Waals surface area contributed by atoms with Crippen molar-refractivity contribution >= 4 is 40.2 Å². The average Bonchev–Trinajstić information content (AvgIpc) is 3.13. The third kappa shape index (κ3) is 4.97. The van der Waals surface area contributed by atoms with Crippen molar-refractivity contribution in [3.8, 4) is 11.1 Å². The van der Waals surface area contributed by atoms with Gasteiger partial charge in [-0.05, 0) is 48.4 Å². The van der Waals surface area contributed by atoms with E-state index in [1.54, 1.807) is 18.2 Å². The summed E-state index contributed by atoms with van der Waals surface area (Å²) in [4.78, 5) is 44.4. The van der Waals surface area contributed by atoms with Crippen molar-refractivity contribution in [1.29, 1.82) is 0 Å². The molecule has 0 saturated carbocycles. The largest absolute Gasteiger partial charge is 0.493 e. The van der Waals surface area contributed by atoms with Crippen molar-refractivity contribution in [3.05, 3.63) is 78.2 Å². The zero-order valence-electron chi connectivity index (χ0n) is 18.6. The molecule has 0 aliphatic rings. The molecule has 0 unspecified atom stereocenters. The molecule has 36 heavy (non-hydrogen) atoms. The van der Waals surface area contributed by atoms with Crippen molar-refractivity contribution in [2.45, 2.75) is 13.1 Å². The van der Waals surface area contributed by atoms with Gasteiger partial charge < -0.3 is 21.2 Å². The minimum absolute atomic E-state index is 0.0707. The second-order valence-electron chi connectivity index (χ2n) is 7.68. The van der Waals surface area contributed by atoms with Gasteiger partial charge in [-0.2, -0.15) is 17.9 Å². The summed E-state index contributed by atoms with van der Waals surface area (Å²) in [7, 11) is 0. The summed E-state index contributed by atoms with van der Waals surface area (Å²) in [5, 5.41) is 5.63. The first-order chi connectivity index (χ1) is 17.0. The Morgan fingerprint density at radius 3 is 2.33 bits per heavy atom. The van der Waals surface area contributed by atoms with E-state index in [4.69, 9.17) is 5.73 Å². The molecule has 4 rings (SSSR count). The number of alkyl halides is 3. The van der Waals surface area contributed by atoms with Crippen LogP contribution in [-0.2, 0) is 4.79 Å². The van der Waals surface area contributed by atoms with Gasteiger partial charge >= 0.3 is 18.2 Å². The second kappa shape index (κ2) is 9.41. The zero-order valence-corrected chi connectivity index (χ0v) is 18.6. The molecular weight excluding hydrogens is 479 g/mol. The van der Waals surface area contributed by atoms with Gasteiger partial charge in [0.25, 0.3) is 5.91 Å². The van der Waals surface area contributed by atoms with Crippen LogP contribution in [0, 0.1) is 6.92 Å². The molecule has 2 aromatic carbocycles. The molecule has 3 amide bonds. The molecule has 0 aliphatic heterocycles. The molecule has 184 valence electrons. The molecule has 12 heteroatoms. The van der Waals surface area contributed by atoms with Gasteiger partial charge in [-0.3, -0.25) is 9.78 Å². The van der Waals surface area contributed by atoms with Crippen LogP contribution in [0.1, 0.15) is 16.1 Å². The molecule has 0 atom stereocenters. The fourth-order valence-electron chi connectivity index (χ4n) is 3.59. The minimum Gasteiger partial charge on any atom is -0.364 e. The van der Waals surface area contributed by atoms with E-state index >= 15 is 0 Å². The van der Waals surface area contributed by atoms with Crippen molar-refractivity contribution < 1.29 is 32.4 Å². The third-order valence-corrected chi connectivity index (χ3v) is 5.07. The summed E-state index contributed by atoms with van der Waals surface area (Å²) >= 11 is 0. The lowest BCUT2D eigenvalue weighted by Crippen LogP contribution is -2.35. The van der Waals surface area contributed by atoms with Gasteiger partial charge in [-0.25, -0.2) is 9.59 Å². The number of halogens is 3. The molecule has 2 heterocycles. The molecule has 4 N–H and O–H groups in total. The van der Waals surface area contributed by atoms with E-state index in [0.29, 0.717) is 21.7 Å².